The van der Waals surface area contributed by atoms with Gasteiger partial charge in [-0.3, -0.25) is 4.79 Å². The summed E-state index contributed by atoms with van der Waals surface area (Å²) in [6.45, 7) is 2.15. The Morgan fingerprint density at radius 1 is 1.16 bits per heavy atom. The lowest BCUT2D eigenvalue weighted by Crippen LogP contribution is -2.38. The number of ether oxygens (including phenoxy) is 2. The van der Waals surface area contributed by atoms with E-state index >= 15 is 0 Å². The van der Waals surface area contributed by atoms with E-state index in [-0.39, 0.29) is 11.5 Å². The van der Waals surface area contributed by atoms with Gasteiger partial charge in [0.15, 0.2) is 0 Å². The van der Waals surface area contributed by atoms with Crippen LogP contribution in [0.1, 0.15) is 62.6 Å². The molecule has 1 unspecified atom stereocenters. The molecule has 5 rings (SSSR count). The summed E-state index contributed by atoms with van der Waals surface area (Å²) in [5.41, 5.74) is 4.61. The Balaban J connectivity index is 1.32. The highest BCUT2D eigenvalue weighted by molar-refractivity contribution is 7.15. The van der Waals surface area contributed by atoms with E-state index in [1.165, 1.54) is 22.5 Å². The van der Waals surface area contributed by atoms with Gasteiger partial charge >= 0.3 is 5.97 Å². The molecule has 200 valence electrons. The molecule has 1 aliphatic carbocycles. The first-order valence-electron chi connectivity index (χ1n) is 13.0. The van der Waals surface area contributed by atoms with Crippen LogP contribution in [-0.4, -0.2) is 43.9 Å². The topological polar surface area (TPSA) is 114 Å². The van der Waals surface area contributed by atoms with Gasteiger partial charge in [-0.1, -0.05) is 24.3 Å². The number of thiophene rings is 1. The highest BCUT2D eigenvalue weighted by Gasteiger charge is 2.28. The second-order valence-electron chi connectivity index (χ2n) is 9.96. The number of carbonyl (C=O) groups is 2. The van der Waals surface area contributed by atoms with E-state index in [0.717, 1.165) is 50.9 Å². The number of benzene rings is 2. The van der Waals surface area contributed by atoms with Crippen molar-refractivity contribution in [2.24, 2.45) is 11.8 Å². The predicted octanol–water partition coefficient (Wildman–Crippen LogP) is 5.09. The number of amides is 1. The van der Waals surface area contributed by atoms with Crippen molar-refractivity contribution in [2.75, 3.05) is 37.2 Å². The van der Waals surface area contributed by atoms with Crippen LogP contribution in [0.2, 0.25) is 0 Å². The van der Waals surface area contributed by atoms with Gasteiger partial charge in [0.25, 0.3) is 5.91 Å². The van der Waals surface area contributed by atoms with Crippen LogP contribution in [0.5, 0.6) is 5.75 Å². The maximum atomic E-state index is 13.2. The number of nitrogens with one attached hydrogen (secondary N) is 1. The molecule has 9 heteroatoms. The van der Waals surface area contributed by atoms with Crippen molar-refractivity contribution in [3.8, 4) is 5.75 Å². The van der Waals surface area contributed by atoms with Crippen molar-refractivity contribution in [1.29, 1.82) is 0 Å². The number of carbonyl (C=O) groups excluding carboxylic acids is 1. The Morgan fingerprint density at radius 2 is 1.92 bits per heavy atom. The van der Waals surface area contributed by atoms with E-state index in [9.17, 15) is 14.7 Å². The van der Waals surface area contributed by atoms with Crippen molar-refractivity contribution in [2.45, 2.75) is 38.0 Å². The largest absolute Gasteiger partial charge is 0.495 e. The Kier molecular flexibility index (Phi) is 7.97. The molecule has 2 aliphatic rings. The average molecular weight is 536 g/mol. The number of fused-ring (bicyclic) bond motifs is 1. The second-order valence-corrected chi connectivity index (χ2v) is 10.8. The molecule has 2 aromatic carbocycles. The Morgan fingerprint density at radius 3 is 2.66 bits per heavy atom. The monoisotopic (exact) mass is 535 g/mol. The lowest BCUT2D eigenvalue weighted by atomic mass is 9.80. The molecule has 1 atom stereocenters. The normalized spacial score (nSPS) is 17.5. The molecule has 0 radical (unpaired) electrons. The van der Waals surface area contributed by atoms with Crippen molar-refractivity contribution < 1.29 is 24.2 Å². The number of hydrogen-bond donors (Lipinski definition) is 3. The summed E-state index contributed by atoms with van der Waals surface area (Å²) in [5, 5.41) is 16.8. The molecule has 1 saturated heterocycles. The molecule has 8 nitrogen and oxygen atoms in total. The highest BCUT2D eigenvalue weighted by atomic mass is 32.1. The minimum atomic E-state index is -1.03. The second kappa shape index (κ2) is 11.6. The third-order valence-electron chi connectivity index (χ3n) is 7.59. The van der Waals surface area contributed by atoms with E-state index in [4.69, 9.17) is 15.3 Å². The molecule has 1 aliphatic heterocycles. The molecular formula is C29H33N3O5S. The molecule has 38 heavy (non-hydrogen) atoms. The maximum absolute atomic E-state index is 13.2. The lowest BCUT2D eigenvalue weighted by molar-refractivity contribution is 0.0681. The van der Waals surface area contributed by atoms with Gasteiger partial charge in [0.1, 0.15) is 10.8 Å². The summed E-state index contributed by atoms with van der Waals surface area (Å²) < 4.78 is 11.0. The predicted molar refractivity (Wildman–Crippen MR) is 149 cm³/mol. The van der Waals surface area contributed by atoms with Gasteiger partial charge in [-0.15, -0.1) is 11.3 Å². The number of carboxylic acid groups (broad SMARTS) is 1. The standard InChI is InChI=1S/C29H33N3O5S/c1-36-25-15-22(8-9-24(25)32(30)16-18-10-12-37-13-11-18)27(33)31-28-26(29(34)35)23(17-38-28)21-7-6-19-4-2-3-5-20(19)14-21/h2-5,8-9,15,17-18,21H,6-7,10-14,16,30H2,1H3,(H,31,33)(H,34,35). The third-order valence-corrected chi connectivity index (χ3v) is 8.51. The zero-order valence-electron chi connectivity index (χ0n) is 21.4. The Hall–Kier alpha value is -3.40. The molecule has 3 aromatic rings. The molecule has 4 N–H and O–H groups in total. The molecule has 1 aromatic heterocycles. The molecule has 1 fully saturated rings. The highest BCUT2D eigenvalue weighted by Crippen LogP contribution is 2.40. The van der Waals surface area contributed by atoms with Crippen molar-refractivity contribution in [3.05, 3.63) is 75.7 Å². The fourth-order valence-electron chi connectivity index (χ4n) is 5.48. The van der Waals surface area contributed by atoms with Gasteiger partial charge in [-0.25, -0.2) is 10.6 Å². The van der Waals surface area contributed by atoms with Crippen LogP contribution in [-0.2, 0) is 17.6 Å². The lowest BCUT2D eigenvalue weighted by Gasteiger charge is -2.28. The van der Waals surface area contributed by atoms with Gasteiger partial charge in [-0.2, -0.15) is 0 Å². The quantitative estimate of drug-likeness (QED) is 0.272. The SMILES string of the molecule is COc1cc(C(=O)Nc2scc(C3CCc4ccccc4C3)c2C(=O)O)ccc1N(N)CC1CCOCC1. The number of carboxylic acids is 1. The number of nitrogens with zero attached hydrogens (tertiary/aromatic N) is 1. The average Bonchev–Trinajstić information content (AvgIpc) is 3.36. The summed E-state index contributed by atoms with van der Waals surface area (Å²) in [6.07, 6.45) is 4.50. The van der Waals surface area contributed by atoms with E-state index in [0.29, 0.717) is 34.5 Å². The number of aromatic carboxylic acids is 1. The van der Waals surface area contributed by atoms with Gasteiger partial charge in [0, 0.05) is 25.3 Å². The minimum Gasteiger partial charge on any atom is -0.495 e. The van der Waals surface area contributed by atoms with E-state index in [1.54, 1.807) is 30.3 Å². The number of methoxy groups -OCH3 is 1. The van der Waals surface area contributed by atoms with E-state index < -0.39 is 11.9 Å². The first kappa shape index (κ1) is 26.2. The van der Waals surface area contributed by atoms with Crippen LogP contribution in [0, 0.1) is 5.92 Å². The summed E-state index contributed by atoms with van der Waals surface area (Å²) in [7, 11) is 1.54. The van der Waals surface area contributed by atoms with Crippen LogP contribution in [0.15, 0.2) is 47.8 Å². The fraction of sp³-hybridized carbons (Fsp3) is 0.379. The van der Waals surface area contributed by atoms with Crippen LogP contribution in [0.4, 0.5) is 10.7 Å². The molecule has 0 spiro atoms. The van der Waals surface area contributed by atoms with Crippen LogP contribution < -0.4 is 20.9 Å². The fourth-order valence-corrected chi connectivity index (χ4v) is 6.51. The van der Waals surface area contributed by atoms with Gasteiger partial charge in [0.2, 0.25) is 0 Å². The molecule has 2 heterocycles. The first-order valence-corrected chi connectivity index (χ1v) is 13.8. The minimum absolute atomic E-state index is 0.101. The van der Waals surface area contributed by atoms with Crippen LogP contribution in [0.25, 0.3) is 0 Å². The van der Waals surface area contributed by atoms with E-state index in [2.05, 4.69) is 17.4 Å². The molecule has 1 amide bonds. The first-order chi connectivity index (χ1) is 18.4. The van der Waals surface area contributed by atoms with Crippen molar-refractivity contribution in [1.82, 2.24) is 0 Å². The van der Waals surface area contributed by atoms with E-state index in [1.807, 2.05) is 17.5 Å². The van der Waals surface area contributed by atoms with Gasteiger partial charge < -0.3 is 24.9 Å². The number of rotatable bonds is 8. The Labute approximate surface area is 226 Å². The number of nitrogens with two attached hydrogens (primary N) is 1. The molecular weight excluding hydrogens is 502 g/mol. The van der Waals surface area contributed by atoms with Crippen molar-refractivity contribution >= 4 is 33.9 Å². The van der Waals surface area contributed by atoms with Crippen molar-refractivity contribution in [3.63, 3.8) is 0 Å². The smallest absolute Gasteiger partial charge is 0.339 e. The summed E-state index contributed by atoms with van der Waals surface area (Å²) in [5.74, 6) is 5.95. The van der Waals surface area contributed by atoms with Crippen LogP contribution >= 0.6 is 11.3 Å². The number of anilines is 2. The summed E-state index contributed by atoms with van der Waals surface area (Å²) in [6, 6.07) is 13.4. The molecule has 0 saturated carbocycles. The van der Waals surface area contributed by atoms with Crippen LogP contribution in [0.3, 0.4) is 0 Å². The number of aryl methyl sites for hydroxylation is 1. The Bertz CT molecular complexity index is 1320. The van der Waals surface area contributed by atoms with Gasteiger partial charge in [-0.05, 0) is 84.2 Å². The number of hydrazine groups is 1. The zero-order chi connectivity index (χ0) is 26.6. The summed E-state index contributed by atoms with van der Waals surface area (Å²) >= 11 is 1.26. The zero-order valence-corrected chi connectivity index (χ0v) is 22.3. The summed E-state index contributed by atoms with van der Waals surface area (Å²) in [4.78, 5) is 25.5. The van der Waals surface area contributed by atoms with Gasteiger partial charge in [0.05, 0.1) is 18.4 Å². The molecule has 0 bridgehead atoms. The maximum Gasteiger partial charge on any atom is 0.339 e. The number of hydrogen-bond acceptors (Lipinski definition) is 7. The third kappa shape index (κ3) is 5.55.